The van der Waals surface area contributed by atoms with Crippen molar-refractivity contribution in [2.24, 2.45) is 0 Å². The fraction of sp³-hybridized carbons (Fsp3) is 0.800. The first-order chi connectivity index (χ1) is 6.70. The molecule has 0 spiro atoms. The number of carbonyl (C=O) groups is 1. The van der Waals surface area contributed by atoms with Crippen LogP contribution in [0.4, 0.5) is 0 Å². The predicted octanol–water partition coefficient (Wildman–Crippen LogP) is 2.47. The molecule has 0 aromatic heterocycles. The number of thiocarbonyl (C=S) groups is 1. The van der Waals surface area contributed by atoms with Crippen molar-refractivity contribution in [3.05, 3.63) is 0 Å². The van der Waals surface area contributed by atoms with Gasteiger partial charge in [0, 0.05) is 6.42 Å². The fourth-order valence-electron chi connectivity index (χ4n) is 0.840. The molecule has 0 aromatic rings. The highest BCUT2D eigenvalue weighted by Crippen LogP contribution is 1.99. The molecule has 0 saturated heterocycles. The SMILES string of the molecule is CCCCOC(=S)CCC(=O)OCC. The Morgan fingerprint density at radius 3 is 2.50 bits per heavy atom. The van der Waals surface area contributed by atoms with Gasteiger partial charge < -0.3 is 9.47 Å². The molecule has 0 aromatic carbocycles. The molecule has 3 nitrogen and oxygen atoms in total. The zero-order valence-electron chi connectivity index (χ0n) is 8.88. The summed E-state index contributed by atoms with van der Waals surface area (Å²) in [5, 5.41) is 0.506. The van der Waals surface area contributed by atoms with Gasteiger partial charge in [0.25, 0.3) is 0 Å². The standard InChI is InChI=1S/C10H18O3S/c1-3-5-8-13-10(14)7-6-9(11)12-4-2/h3-8H2,1-2H3. The van der Waals surface area contributed by atoms with Gasteiger partial charge in [-0.3, -0.25) is 4.79 Å². The van der Waals surface area contributed by atoms with E-state index >= 15 is 0 Å². The fourth-order valence-corrected chi connectivity index (χ4v) is 1.03. The maximum absolute atomic E-state index is 10.9. The summed E-state index contributed by atoms with van der Waals surface area (Å²) in [5.41, 5.74) is 0. The lowest BCUT2D eigenvalue weighted by Crippen LogP contribution is -2.09. The van der Waals surface area contributed by atoms with Crippen molar-refractivity contribution in [2.75, 3.05) is 13.2 Å². The molecule has 0 aliphatic heterocycles. The second-order valence-electron chi connectivity index (χ2n) is 2.88. The Kier molecular flexibility index (Phi) is 8.53. The van der Waals surface area contributed by atoms with Gasteiger partial charge in [-0.25, -0.2) is 0 Å². The minimum atomic E-state index is -0.214. The van der Waals surface area contributed by atoms with Gasteiger partial charge in [0.15, 0.2) is 5.05 Å². The minimum Gasteiger partial charge on any atom is -0.487 e. The van der Waals surface area contributed by atoms with Crippen LogP contribution in [0.5, 0.6) is 0 Å². The highest BCUT2D eigenvalue weighted by molar-refractivity contribution is 7.80. The number of hydrogen-bond acceptors (Lipinski definition) is 4. The van der Waals surface area contributed by atoms with Gasteiger partial charge in [-0.05, 0) is 25.6 Å². The first-order valence-electron chi connectivity index (χ1n) is 5.02. The first-order valence-corrected chi connectivity index (χ1v) is 5.42. The Bertz CT molecular complexity index is 180. The molecule has 82 valence electrons. The molecule has 0 rings (SSSR count). The molecule has 0 heterocycles. The van der Waals surface area contributed by atoms with Crippen molar-refractivity contribution in [1.82, 2.24) is 0 Å². The normalized spacial score (nSPS) is 9.57. The molecule has 14 heavy (non-hydrogen) atoms. The molecule has 0 radical (unpaired) electrons. The van der Waals surface area contributed by atoms with Crippen molar-refractivity contribution in [1.29, 1.82) is 0 Å². The van der Waals surface area contributed by atoms with E-state index in [0.717, 1.165) is 12.8 Å². The number of esters is 1. The highest BCUT2D eigenvalue weighted by Gasteiger charge is 2.04. The van der Waals surface area contributed by atoms with E-state index in [2.05, 4.69) is 6.92 Å². The lowest BCUT2D eigenvalue weighted by molar-refractivity contribution is -0.142. The van der Waals surface area contributed by atoms with E-state index in [1.165, 1.54) is 0 Å². The van der Waals surface area contributed by atoms with Crippen LogP contribution in [0, 0.1) is 0 Å². The van der Waals surface area contributed by atoms with Gasteiger partial charge in [-0.15, -0.1) is 0 Å². The summed E-state index contributed by atoms with van der Waals surface area (Å²) in [6, 6.07) is 0. The van der Waals surface area contributed by atoms with Gasteiger partial charge in [0.05, 0.1) is 19.6 Å². The largest absolute Gasteiger partial charge is 0.487 e. The molecule has 0 saturated carbocycles. The van der Waals surface area contributed by atoms with Crippen molar-refractivity contribution in [3.8, 4) is 0 Å². The summed E-state index contributed by atoms with van der Waals surface area (Å²) in [7, 11) is 0. The summed E-state index contributed by atoms with van der Waals surface area (Å²) in [5.74, 6) is -0.214. The van der Waals surface area contributed by atoms with Crippen molar-refractivity contribution in [3.63, 3.8) is 0 Å². The number of ether oxygens (including phenoxy) is 2. The Balaban J connectivity index is 3.39. The van der Waals surface area contributed by atoms with Crippen LogP contribution in [0.15, 0.2) is 0 Å². The van der Waals surface area contributed by atoms with Crippen LogP contribution in [0.3, 0.4) is 0 Å². The summed E-state index contributed by atoms with van der Waals surface area (Å²) >= 11 is 4.94. The van der Waals surface area contributed by atoms with E-state index in [-0.39, 0.29) is 5.97 Å². The van der Waals surface area contributed by atoms with Gasteiger partial charge >= 0.3 is 5.97 Å². The maximum Gasteiger partial charge on any atom is 0.306 e. The zero-order chi connectivity index (χ0) is 10.8. The van der Waals surface area contributed by atoms with Crippen LogP contribution in [0.25, 0.3) is 0 Å². The summed E-state index contributed by atoms with van der Waals surface area (Å²) in [6.07, 6.45) is 2.89. The lowest BCUT2D eigenvalue weighted by Gasteiger charge is -2.06. The molecule has 0 unspecified atom stereocenters. The topological polar surface area (TPSA) is 35.5 Å². The number of hydrogen-bond donors (Lipinski definition) is 0. The average molecular weight is 218 g/mol. The van der Waals surface area contributed by atoms with Gasteiger partial charge in [-0.1, -0.05) is 13.3 Å². The Hall–Kier alpha value is -0.640. The minimum absolute atomic E-state index is 0.214. The summed E-state index contributed by atoms with van der Waals surface area (Å²) < 4.78 is 10.00. The summed E-state index contributed by atoms with van der Waals surface area (Å²) in [6.45, 7) is 4.94. The van der Waals surface area contributed by atoms with Crippen LogP contribution in [0.2, 0.25) is 0 Å². The Labute approximate surface area is 90.8 Å². The zero-order valence-corrected chi connectivity index (χ0v) is 9.69. The predicted molar refractivity (Wildman–Crippen MR) is 59.3 cm³/mol. The number of rotatable bonds is 7. The summed E-state index contributed by atoms with van der Waals surface area (Å²) in [4.78, 5) is 10.9. The monoisotopic (exact) mass is 218 g/mol. The quantitative estimate of drug-likeness (QED) is 0.373. The van der Waals surface area contributed by atoms with Crippen molar-refractivity contribution >= 4 is 23.2 Å². The number of carbonyl (C=O) groups excluding carboxylic acids is 1. The third kappa shape index (κ3) is 7.98. The molecule has 0 fully saturated rings. The van der Waals surface area contributed by atoms with Gasteiger partial charge in [0.2, 0.25) is 0 Å². The highest BCUT2D eigenvalue weighted by atomic mass is 32.1. The van der Waals surface area contributed by atoms with Crippen LogP contribution < -0.4 is 0 Å². The van der Waals surface area contributed by atoms with Crippen molar-refractivity contribution in [2.45, 2.75) is 39.5 Å². The maximum atomic E-state index is 10.9. The smallest absolute Gasteiger partial charge is 0.306 e. The lowest BCUT2D eigenvalue weighted by atomic mass is 10.3. The van der Waals surface area contributed by atoms with Crippen LogP contribution >= 0.6 is 12.2 Å². The molecule has 0 amide bonds. The third-order valence-electron chi connectivity index (χ3n) is 1.60. The first kappa shape index (κ1) is 13.4. The third-order valence-corrected chi connectivity index (χ3v) is 1.92. The molecular weight excluding hydrogens is 200 g/mol. The Morgan fingerprint density at radius 1 is 1.21 bits per heavy atom. The van der Waals surface area contributed by atoms with Crippen LogP contribution in [-0.2, 0) is 14.3 Å². The van der Waals surface area contributed by atoms with E-state index in [4.69, 9.17) is 21.7 Å². The van der Waals surface area contributed by atoms with E-state index < -0.39 is 0 Å². The van der Waals surface area contributed by atoms with E-state index in [1.807, 2.05) is 0 Å². The second kappa shape index (κ2) is 8.94. The van der Waals surface area contributed by atoms with E-state index in [0.29, 0.717) is 31.1 Å². The molecule has 0 aliphatic carbocycles. The molecular formula is C10H18O3S. The molecule has 0 N–H and O–H groups in total. The molecule has 0 atom stereocenters. The van der Waals surface area contributed by atoms with E-state index in [9.17, 15) is 4.79 Å². The average Bonchev–Trinajstić information content (AvgIpc) is 2.16. The molecule has 0 aliphatic rings. The molecule has 4 heteroatoms. The molecule has 0 bridgehead atoms. The number of unbranched alkanes of at least 4 members (excludes halogenated alkanes) is 1. The second-order valence-corrected chi connectivity index (χ2v) is 3.33. The Morgan fingerprint density at radius 2 is 1.93 bits per heavy atom. The van der Waals surface area contributed by atoms with E-state index in [1.54, 1.807) is 6.92 Å². The van der Waals surface area contributed by atoms with Crippen LogP contribution in [0.1, 0.15) is 39.5 Å². The van der Waals surface area contributed by atoms with Gasteiger partial charge in [0.1, 0.15) is 0 Å². The van der Waals surface area contributed by atoms with Gasteiger partial charge in [-0.2, -0.15) is 0 Å². The van der Waals surface area contributed by atoms with Crippen molar-refractivity contribution < 1.29 is 14.3 Å². The van der Waals surface area contributed by atoms with Crippen LogP contribution in [-0.4, -0.2) is 24.2 Å².